The van der Waals surface area contributed by atoms with Crippen molar-refractivity contribution in [2.75, 3.05) is 13.7 Å². The molecule has 1 fully saturated rings. The van der Waals surface area contributed by atoms with Crippen LogP contribution < -0.4 is 0 Å². The highest BCUT2D eigenvalue weighted by Gasteiger charge is 2.47. The van der Waals surface area contributed by atoms with Gasteiger partial charge in [-0.1, -0.05) is 20.8 Å². The summed E-state index contributed by atoms with van der Waals surface area (Å²) in [6, 6.07) is 0. The average Bonchev–Trinajstić information content (AvgIpc) is 2.68. The minimum Gasteiger partial charge on any atom is -0.469 e. The van der Waals surface area contributed by atoms with Crippen molar-refractivity contribution in [2.24, 2.45) is 5.41 Å². The molecule has 18 heavy (non-hydrogen) atoms. The van der Waals surface area contributed by atoms with Gasteiger partial charge in [-0.2, -0.15) is 0 Å². The van der Waals surface area contributed by atoms with E-state index < -0.39 is 0 Å². The second-order valence-corrected chi connectivity index (χ2v) is 6.25. The maximum Gasteiger partial charge on any atom is 0.306 e. The molecule has 104 valence electrons. The summed E-state index contributed by atoms with van der Waals surface area (Å²) < 4.78 is 4.57. The lowest BCUT2D eigenvalue weighted by molar-refractivity contribution is -0.146. The molecule has 1 amide bonds. The lowest BCUT2D eigenvalue weighted by atomic mass is 9.73. The van der Waals surface area contributed by atoms with E-state index in [1.54, 1.807) is 0 Å². The van der Waals surface area contributed by atoms with E-state index in [1.165, 1.54) is 7.11 Å². The highest BCUT2D eigenvalue weighted by molar-refractivity contribution is 5.82. The molecule has 1 aliphatic heterocycles. The quantitative estimate of drug-likeness (QED) is 0.727. The summed E-state index contributed by atoms with van der Waals surface area (Å²) in [5.74, 6) is -0.254. The van der Waals surface area contributed by atoms with Crippen LogP contribution >= 0.6 is 0 Å². The number of methoxy groups -OCH3 is 1. The van der Waals surface area contributed by atoms with E-state index in [0.29, 0.717) is 0 Å². The summed E-state index contributed by atoms with van der Waals surface area (Å²) in [6.45, 7) is 9.44. The van der Waals surface area contributed by atoms with Crippen molar-refractivity contribution in [1.29, 1.82) is 0 Å². The Morgan fingerprint density at radius 3 is 2.39 bits per heavy atom. The number of amides is 1. The van der Waals surface area contributed by atoms with Gasteiger partial charge in [0.05, 0.1) is 13.5 Å². The number of hydrogen-bond donors (Lipinski definition) is 0. The van der Waals surface area contributed by atoms with Crippen LogP contribution in [-0.2, 0) is 14.3 Å². The maximum absolute atomic E-state index is 12.2. The topological polar surface area (TPSA) is 46.6 Å². The standard InChI is InChI=1S/C14H25NO3/c1-13(2,3)14(4)9-6-10-15(14)11(16)7-8-12(17)18-5/h6-10H2,1-5H3/t14-/m0/s1. The fraction of sp³-hybridized carbons (Fsp3) is 0.857. The molecule has 0 aromatic heterocycles. The van der Waals surface area contributed by atoms with Crippen LogP contribution in [0.4, 0.5) is 0 Å². The molecule has 1 atom stereocenters. The molecule has 4 heteroatoms. The van der Waals surface area contributed by atoms with Crippen LogP contribution in [0.2, 0.25) is 0 Å². The van der Waals surface area contributed by atoms with E-state index >= 15 is 0 Å². The largest absolute Gasteiger partial charge is 0.469 e. The average molecular weight is 255 g/mol. The summed E-state index contributed by atoms with van der Waals surface area (Å²) in [7, 11) is 1.35. The van der Waals surface area contributed by atoms with Crippen molar-refractivity contribution in [3.05, 3.63) is 0 Å². The Morgan fingerprint density at radius 2 is 1.89 bits per heavy atom. The number of nitrogens with zero attached hydrogens (tertiary/aromatic N) is 1. The minimum atomic E-state index is -0.319. The third-order valence-electron chi connectivity index (χ3n) is 4.33. The Morgan fingerprint density at radius 1 is 1.28 bits per heavy atom. The first-order valence-electron chi connectivity index (χ1n) is 6.59. The van der Waals surface area contributed by atoms with Crippen LogP contribution in [0.1, 0.15) is 53.4 Å². The van der Waals surface area contributed by atoms with Gasteiger partial charge in [-0.3, -0.25) is 9.59 Å². The monoisotopic (exact) mass is 255 g/mol. The zero-order chi connectivity index (χ0) is 14.0. The molecule has 0 aromatic carbocycles. The van der Waals surface area contributed by atoms with E-state index in [0.717, 1.165) is 19.4 Å². The van der Waals surface area contributed by atoms with Gasteiger partial charge in [0.2, 0.25) is 5.91 Å². The van der Waals surface area contributed by atoms with E-state index in [4.69, 9.17) is 0 Å². The van der Waals surface area contributed by atoms with Gasteiger partial charge in [0, 0.05) is 18.5 Å². The number of hydrogen-bond acceptors (Lipinski definition) is 3. The third-order valence-corrected chi connectivity index (χ3v) is 4.33. The molecule has 1 heterocycles. The Kier molecular flexibility index (Phi) is 4.41. The Bertz CT molecular complexity index is 332. The second-order valence-electron chi connectivity index (χ2n) is 6.25. The molecule has 0 saturated carbocycles. The van der Waals surface area contributed by atoms with Crippen molar-refractivity contribution in [2.45, 2.75) is 58.9 Å². The molecule has 0 unspecified atom stereocenters. The third kappa shape index (κ3) is 2.85. The number of rotatable bonds is 3. The molecule has 0 N–H and O–H groups in total. The Balaban J connectivity index is 2.70. The SMILES string of the molecule is COC(=O)CCC(=O)N1CCC[C@@]1(C)C(C)(C)C. The van der Waals surface area contributed by atoms with Gasteiger partial charge in [-0.05, 0) is 25.2 Å². The summed E-state index contributed by atoms with van der Waals surface area (Å²) in [5, 5.41) is 0. The number of likely N-dealkylation sites (tertiary alicyclic amines) is 1. The molecule has 1 aliphatic rings. The van der Waals surface area contributed by atoms with Crippen molar-refractivity contribution < 1.29 is 14.3 Å². The number of carbonyl (C=O) groups excluding carboxylic acids is 2. The Hall–Kier alpha value is -1.06. The number of esters is 1. The van der Waals surface area contributed by atoms with Crippen molar-refractivity contribution in [3.63, 3.8) is 0 Å². The second kappa shape index (κ2) is 5.29. The fourth-order valence-corrected chi connectivity index (χ4v) is 2.59. The predicted octanol–water partition coefficient (Wildman–Crippen LogP) is 2.37. The lowest BCUT2D eigenvalue weighted by Crippen LogP contribution is -2.53. The summed E-state index contributed by atoms with van der Waals surface area (Å²) in [6.07, 6.45) is 2.49. The van der Waals surface area contributed by atoms with Gasteiger partial charge in [0.15, 0.2) is 0 Å². The zero-order valence-electron chi connectivity index (χ0n) is 12.2. The van der Waals surface area contributed by atoms with E-state index in [9.17, 15) is 9.59 Å². The first kappa shape index (κ1) is 15.0. The van der Waals surface area contributed by atoms with Crippen molar-refractivity contribution in [1.82, 2.24) is 4.90 Å². The van der Waals surface area contributed by atoms with Crippen LogP contribution in [-0.4, -0.2) is 36.0 Å². The van der Waals surface area contributed by atoms with E-state index in [2.05, 4.69) is 32.4 Å². The molecule has 0 spiro atoms. The van der Waals surface area contributed by atoms with Gasteiger partial charge in [-0.15, -0.1) is 0 Å². The number of carbonyl (C=O) groups is 2. The van der Waals surface area contributed by atoms with Crippen molar-refractivity contribution >= 4 is 11.9 Å². The minimum absolute atomic E-state index is 0.0461. The van der Waals surface area contributed by atoms with Crippen molar-refractivity contribution in [3.8, 4) is 0 Å². The van der Waals surface area contributed by atoms with E-state index in [1.807, 2.05) is 4.90 Å². The first-order chi connectivity index (χ1) is 8.22. The first-order valence-corrected chi connectivity index (χ1v) is 6.59. The molecule has 1 rings (SSSR count). The normalized spacial score (nSPS) is 24.2. The summed E-state index contributed by atoms with van der Waals surface area (Å²) in [5.41, 5.74) is -0.0649. The smallest absolute Gasteiger partial charge is 0.306 e. The summed E-state index contributed by atoms with van der Waals surface area (Å²) in [4.78, 5) is 25.3. The fourth-order valence-electron chi connectivity index (χ4n) is 2.59. The maximum atomic E-state index is 12.2. The van der Waals surface area contributed by atoms with Crippen LogP contribution in [0.25, 0.3) is 0 Å². The molecular weight excluding hydrogens is 230 g/mol. The van der Waals surface area contributed by atoms with E-state index in [-0.39, 0.29) is 35.7 Å². The number of ether oxygens (including phenoxy) is 1. The lowest BCUT2D eigenvalue weighted by Gasteiger charge is -2.45. The highest BCUT2D eigenvalue weighted by atomic mass is 16.5. The molecule has 0 aliphatic carbocycles. The molecular formula is C14H25NO3. The Labute approximate surface area is 110 Å². The van der Waals surface area contributed by atoms with Gasteiger partial charge in [-0.25, -0.2) is 0 Å². The van der Waals surface area contributed by atoms with Crippen LogP contribution in [0.15, 0.2) is 0 Å². The molecule has 4 nitrogen and oxygen atoms in total. The van der Waals surface area contributed by atoms with Gasteiger partial charge in [0.1, 0.15) is 0 Å². The van der Waals surface area contributed by atoms with Gasteiger partial charge >= 0.3 is 5.97 Å². The van der Waals surface area contributed by atoms with Crippen LogP contribution in [0.3, 0.4) is 0 Å². The van der Waals surface area contributed by atoms with Crippen LogP contribution in [0, 0.1) is 5.41 Å². The summed E-state index contributed by atoms with van der Waals surface area (Å²) >= 11 is 0. The van der Waals surface area contributed by atoms with Gasteiger partial charge < -0.3 is 9.64 Å². The zero-order valence-corrected chi connectivity index (χ0v) is 12.2. The molecule has 0 aromatic rings. The van der Waals surface area contributed by atoms with Crippen LogP contribution in [0.5, 0.6) is 0 Å². The predicted molar refractivity (Wildman–Crippen MR) is 70.1 cm³/mol. The molecule has 0 bridgehead atoms. The molecule has 1 saturated heterocycles. The van der Waals surface area contributed by atoms with Gasteiger partial charge in [0.25, 0.3) is 0 Å². The highest BCUT2D eigenvalue weighted by Crippen LogP contribution is 2.43. The molecule has 0 radical (unpaired) electrons.